The van der Waals surface area contributed by atoms with Crippen LogP contribution in [0.4, 0.5) is 15.5 Å². The van der Waals surface area contributed by atoms with Gasteiger partial charge in [-0.15, -0.1) is 0 Å². The summed E-state index contributed by atoms with van der Waals surface area (Å²) >= 11 is 0. The number of nitrogens with one attached hydrogen (secondary N) is 1. The standard InChI is InChI=1S/C16H19N3O5/c1-16(2,3)24-14(21)18-13-17-12(20)9-19(13)15(22)23-10-11-7-5-4-6-8-11/h4-9,20H,10H2,1-3H3,(H,17,18,21). The first kappa shape index (κ1) is 17.3. The van der Waals surface area contributed by atoms with E-state index < -0.39 is 23.7 Å². The largest absolute Gasteiger partial charge is 0.492 e. The Morgan fingerprint density at radius 1 is 1.25 bits per heavy atom. The molecule has 0 aliphatic carbocycles. The number of carbonyl (C=O) groups excluding carboxylic acids is 2. The molecule has 1 heterocycles. The number of imidazole rings is 1. The summed E-state index contributed by atoms with van der Waals surface area (Å²) in [6.45, 7) is 5.14. The Labute approximate surface area is 139 Å². The van der Waals surface area contributed by atoms with Crippen molar-refractivity contribution in [3.63, 3.8) is 0 Å². The van der Waals surface area contributed by atoms with Crippen LogP contribution in [0.3, 0.4) is 0 Å². The number of amides is 1. The van der Waals surface area contributed by atoms with Crippen LogP contribution in [-0.2, 0) is 16.1 Å². The highest BCUT2D eigenvalue weighted by Crippen LogP contribution is 2.16. The normalized spacial score (nSPS) is 11.0. The Kier molecular flexibility index (Phi) is 5.08. The predicted octanol–water partition coefficient (Wildman–Crippen LogP) is 3.12. The molecule has 0 spiro atoms. The Balaban J connectivity index is 2.04. The molecule has 0 bridgehead atoms. The lowest BCUT2D eigenvalue weighted by Crippen LogP contribution is -2.29. The Hall–Kier alpha value is -3.03. The number of benzene rings is 1. The van der Waals surface area contributed by atoms with E-state index in [9.17, 15) is 14.7 Å². The van der Waals surface area contributed by atoms with Gasteiger partial charge in [0.15, 0.2) is 0 Å². The quantitative estimate of drug-likeness (QED) is 0.894. The summed E-state index contributed by atoms with van der Waals surface area (Å²) in [5, 5.41) is 11.8. The number of aromatic nitrogens is 2. The van der Waals surface area contributed by atoms with Gasteiger partial charge >= 0.3 is 12.2 Å². The van der Waals surface area contributed by atoms with Crippen molar-refractivity contribution >= 4 is 18.1 Å². The number of aromatic hydroxyl groups is 1. The van der Waals surface area contributed by atoms with E-state index in [1.807, 2.05) is 18.2 Å². The van der Waals surface area contributed by atoms with Crippen LogP contribution < -0.4 is 5.32 Å². The number of hydrogen-bond acceptors (Lipinski definition) is 6. The lowest BCUT2D eigenvalue weighted by atomic mass is 10.2. The van der Waals surface area contributed by atoms with Gasteiger partial charge < -0.3 is 14.6 Å². The summed E-state index contributed by atoms with van der Waals surface area (Å²) in [6.07, 6.45) is -0.553. The van der Waals surface area contributed by atoms with Crippen LogP contribution in [0.1, 0.15) is 26.3 Å². The van der Waals surface area contributed by atoms with Crippen LogP contribution >= 0.6 is 0 Å². The topological polar surface area (TPSA) is 103 Å². The average Bonchev–Trinajstić information content (AvgIpc) is 2.84. The third-order valence-corrected chi connectivity index (χ3v) is 2.71. The van der Waals surface area contributed by atoms with Gasteiger partial charge in [0.1, 0.15) is 12.2 Å². The monoisotopic (exact) mass is 333 g/mol. The number of carbonyl (C=O) groups is 2. The second-order valence-electron chi connectivity index (χ2n) is 5.96. The molecule has 2 aromatic rings. The number of rotatable bonds is 3. The van der Waals surface area contributed by atoms with Gasteiger partial charge in [-0.3, -0.25) is 5.32 Å². The van der Waals surface area contributed by atoms with Crippen molar-refractivity contribution in [2.45, 2.75) is 33.0 Å². The van der Waals surface area contributed by atoms with Crippen molar-refractivity contribution in [1.82, 2.24) is 9.55 Å². The highest BCUT2D eigenvalue weighted by atomic mass is 16.6. The second kappa shape index (κ2) is 7.03. The van der Waals surface area contributed by atoms with Gasteiger partial charge in [-0.05, 0) is 26.3 Å². The van der Waals surface area contributed by atoms with E-state index in [1.165, 1.54) is 0 Å². The van der Waals surface area contributed by atoms with E-state index >= 15 is 0 Å². The molecule has 2 rings (SSSR count). The lowest BCUT2D eigenvalue weighted by Gasteiger charge is -2.19. The molecule has 0 saturated carbocycles. The van der Waals surface area contributed by atoms with E-state index in [0.717, 1.165) is 16.3 Å². The van der Waals surface area contributed by atoms with E-state index in [2.05, 4.69) is 10.3 Å². The van der Waals surface area contributed by atoms with Gasteiger partial charge in [-0.1, -0.05) is 30.3 Å². The summed E-state index contributed by atoms with van der Waals surface area (Å²) in [5.74, 6) is -0.627. The van der Waals surface area contributed by atoms with Gasteiger partial charge in [-0.25, -0.2) is 14.2 Å². The molecule has 0 aliphatic heterocycles. The van der Waals surface area contributed by atoms with E-state index in [0.29, 0.717) is 0 Å². The Bertz CT molecular complexity index is 719. The molecule has 0 saturated heterocycles. The minimum absolute atomic E-state index is 0.0461. The molecule has 8 heteroatoms. The molecule has 128 valence electrons. The zero-order valence-corrected chi connectivity index (χ0v) is 13.6. The fraction of sp³-hybridized carbons (Fsp3) is 0.312. The van der Waals surface area contributed by atoms with Crippen molar-refractivity contribution in [2.24, 2.45) is 0 Å². The molecule has 24 heavy (non-hydrogen) atoms. The van der Waals surface area contributed by atoms with E-state index in [4.69, 9.17) is 9.47 Å². The van der Waals surface area contributed by atoms with Gasteiger partial charge in [0.2, 0.25) is 11.8 Å². The molecule has 0 unspecified atom stereocenters. The predicted molar refractivity (Wildman–Crippen MR) is 85.8 cm³/mol. The maximum absolute atomic E-state index is 12.1. The highest BCUT2D eigenvalue weighted by Gasteiger charge is 2.21. The summed E-state index contributed by atoms with van der Waals surface area (Å²) in [4.78, 5) is 27.5. The Morgan fingerprint density at radius 3 is 2.54 bits per heavy atom. The van der Waals surface area contributed by atoms with Gasteiger partial charge in [0.05, 0.1) is 6.20 Å². The van der Waals surface area contributed by atoms with Crippen molar-refractivity contribution in [1.29, 1.82) is 0 Å². The summed E-state index contributed by atoms with van der Waals surface area (Å²) in [6, 6.07) is 9.10. The maximum Gasteiger partial charge on any atom is 0.421 e. The average molecular weight is 333 g/mol. The van der Waals surface area contributed by atoms with Gasteiger partial charge in [0.25, 0.3) is 0 Å². The molecule has 1 aromatic heterocycles. The number of anilines is 1. The van der Waals surface area contributed by atoms with Gasteiger partial charge in [0, 0.05) is 0 Å². The molecule has 0 aliphatic rings. The smallest absolute Gasteiger partial charge is 0.421 e. The molecule has 0 fully saturated rings. The van der Waals surface area contributed by atoms with Crippen molar-refractivity contribution in [2.75, 3.05) is 5.32 Å². The fourth-order valence-electron chi connectivity index (χ4n) is 1.78. The third-order valence-electron chi connectivity index (χ3n) is 2.71. The van der Waals surface area contributed by atoms with E-state index in [-0.39, 0.29) is 12.6 Å². The molecule has 1 aromatic carbocycles. The van der Waals surface area contributed by atoms with Gasteiger partial charge in [-0.2, -0.15) is 4.98 Å². The zero-order chi connectivity index (χ0) is 17.7. The molecular formula is C16H19N3O5. The van der Waals surface area contributed by atoms with E-state index in [1.54, 1.807) is 32.9 Å². The zero-order valence-electron chi connectivity index (χ0n) is 13.6. The summed E-state index contributed by atoms with van der Waals surface area (Å²) < 4.78 is 11.1. The molecule has 8 nitrogen and oxygen atoms in total. The number of ether oxygens (including phenoxy) is 2. The van der Waals surface area contributed by atoms with Crippen LogP contribution in [0.5, 0.6) is 5.88 Å². The molecule has 1 amide bonds. The van der Waals surface area contributed by atoms with Crippen molar-refractivity contribution in [3.05, 3.63) is 42.1 Å². The van der Waals surface area contributed by atoms with Crippen molar-refractivity contribution < 1.29 is 24.2 Å². The Morgan fingerprint density at radius 2 is 1.92 bits per heavy atom. The van der Waals surface area contributed by atoms with Crippen LogP contribution in [-0.4, -0.2) is 32.4 Å². The number of hydrogen-bond donors (Lipinski definition) is 2. The number of nitrogens with zero attached hydrogens (tertiary/aromatic N) is 2. The fourth-order valence-corrected chi connectivity index (χ4v) is 1.78. The molecule has 0 radical (unpaired) electrons. The van der Waals surface area contributed by atoms with Crippen LogP contribution in [0.15, 0.2) is 36.5 Å². The lowest BCUT2D eigenvalue weighted by molar-refractivity contribution is 0.0634. The first-order chi connectivity index (χ1) is 11.2. The molecule has 0 atom stereocenters. The third kappa shape index (κ3) is 5.01. The van der Waals surface area contributed by atoms with Crippen LogP contribution in [0.2, 0.25) is 0 Å². The minimum atomic E-state index is -0.801. The van der Waals surface area contributed by atoms with Crippen LogP contribution in [0, 0.1) is 0 Å². The maximum atomic E-state index is 12.1. The second-order valence-corrected chi connectivity index (χ2v) is 5.96. The summed E-state index contributed by atoms with van der Waals surface area (Å²) in [7, 11) is 0. The SMILES string of the molecule is CC(C)(C)OC(=O)Nc1nc(O)cn1C(=O)OCc1ccccc1. The molecule has 2 N–H and O–H groups in total. The van der Waals surface area contributed by atoms with Crippen molar-refractivity contribution in [3.8, 4) is 5.88 Å². The first-order valence-electron chi connectivity index (χ1n) is 7.24. The summed E-state index contributed by atoms with van der Waals surface area (Å²) in [5.41, 5.74) is 0.0917. The molecular weight excluding hydrogens is 314 g/mol. The first-order valence-corrected chi connectivity index (χ1v) is 7.24. The highest BCUT2D eigenvalue weighted by molar-refractivity contribution is 5.86. The van der Waals surface area contributed by atoms with Crippen LogP contribution in [0.25, 0.3) is 0 Å². The minimum Gasteiger partial charge on any atom is -0.492 e.